The Bertz CT molecular complexity index is 1470. The van der Waals surface area contributed by atoms with Crippen molar-refractivity contribution >= 4 is 34.5 Å². The number of benzene rings is 2. The molecule has 4 amide bonds. The van der Waals surface area contributed by atoms with Crippen LogP contribution in [0.2, 0.25) is 0 Å². The summed E-state index contributed by atoms with van der Waals surface area (Å²) in [5, 5.41) is 6.37. The molecule has 0 saturated carbocycles. The number of para-hydroxylation sites is 1. The third-order valence-corrected chi connectivity index (χ3v) is 6.67. The van der Waals surface area contributed by atoms with Gasteiger partial charge in [-0.3, -0.25) is 24.1 Å². The van der Waals surface area contributed by atoms with E-state index in [1.807, 2.05) is 36.4 Å². The van der Waals surface area contributed by atoms with Gasteiger partial charge in [0.15, 0.2) is 11.5 Å². The second kappa shape index (κ2) is 14.7. The predicted octanol–water partition coefficient (Wildman–Crippen LogP) is 2.88. The van der Waals surface area contributed by atoms with Gasteiger partial charge in [0.1, 0.15) is 0 Å². The van der Waals surface area contributed by atoms with Crippen molar-refractivity contribution in [3.8, 4) is 22.8 Å². The summed E-state index contributed by atoms with van der Waals surface area (Å²) in [5.41, 5.74) is 2.54. The molecule has 0 bridgehead atoms. The highest BCUT2D eigenvalue weighted by Gasteiger charge is 2.22. The Kier molecular flexibility index (Phi) is 10.6. The Morgan fingerprint density at radius 2 is 1.60 bits per heavy atom. The van der Waals surface area contributed by atoms with Crippen molar-refractivity contribution < 1.29 is 33.4 Å². The number of carbonyl (C=O) groups is 4. The first-order chi connectivity index (χ1) is 20.4. The molecule has 1 aromatic heterocycles. The third kappa shape index (κ3) is 7.70. The van der Waals surface area contributed by atoms with Crippen LogP contribution < -0.4 is 20.1 Å². The molecule has 11 nitrogen and oxygen atoms in total. The minimum absolute atomic E-state index is 0.185. The van der Waals surface area contributed by atoms with Crippen LogP contribution in [-0.2, 0) is 19.1 Å². The van der Waals surface area contributed by atoms with E-state index in [1.165, 1.54) is 17.1 Å². The first-order valence-electron chi connectivity index (χ1n) is 13.7. The molecule has 2 heterocycles. The van der Waals surface area contributed by atoms with Crippen LogP contribution in [0.5, 0.6) is 11.5 Å². The third-order valence-electron chi connectivity index (χ3n) is 6.67. The maximum Gasteiger partial charge on any atom is 0.253 e. The molecule has 3 aromatic rings. The number of imide groups is 1. The molecule has 0 radical (unpaired) electrons. The fraction of sp³-hybridized carbons (Fsp3) is 0.323. The van der Waals surface area contributed by atoms with Gasteiger partial charge in [-0.2, -0.15) is 0 Å². The Labute approximate surface area is 243 Å². The summed E-state index contributed by atoms with van der Waals surface area (Å²) >= 11 is 0. The van der Waals surface area contributed by atoms with E-state index in [0.717, 1.165) is 10.9 Å². The fourth-order valence-corrected chi connectivity index (χ4v) is 4.46. The molecule has 2 N–H and O–H groups in total. The molecule has 1 aliphatic rings. The van der Waals surface area contributed by atoms with Crippen molar-refractivity contribution in [2.45, 2.75) is 19.3 Å². The number of hydrogen-bond donors (Lipinski definition) is 2. The van der Waals surface area contributed by atoms with E-state index >= 15 is 0 Å². The van der Waals surface area contributed by atoms with E-state index in [0.29, 0.717) is 54.3 Å². The zero-order valence-electron chi connectivity index (χ0n) is 23.7. The maximum absolute atomic E-state index is 13.2. The normalized spacial score (nSPS) is 12.6. The minimum atomic E-state index is -0.290. The summed E-state index contributed by atoms with van der Waals surface area (Å²) in [6.45, 7) is 1.55. The van der Waals surface area contributed by atoms with Crippen molar-refractivity contribution in [2.75, 3.05) is 47.1 Å². The largest absolute Gasteiger partial charge is 0.493 e. The van der Waals surface area contributed by atoms with Crippen molar-refractivity contribution in [3.05, 3.63) is 66.2 Å². The van der Waals surface area contributed by atoms with Gasteiger partial charge in [0.05, 0.1) is 37.6 Å². The Morgan fingerprint density at radius 3 is 2.36 bits per heavy atom. The lowest BCUT2D eigenvalue weighted by atomic mass is 10.0. The minimum Gasteiger partial charge on any atom is -0.493 e. The molecular formula is C31H34N4O7. The van der Waals surface area contributed by atoms with Gasteiger partial charge in [-0.15, -0.1) is 0 Å². The lowest BCUT2D eigenvalue weighted by molar-refractivity contribution is -0.137. The quantitative estimate of drug-likeness (QED) is 0.209. The Hall–Kier alpha value is -4.77. The van der Waals surface area contributed by atoms with Crippen LogP contribution in [0.15, 0.2) is 60.7 Å². The summed E-state index contributed by atoms with van der Waals surface area (Å²) in [5.74, 6) is 0.110. The molecular weight excluding hydrogens is 540 g/mol. The summed E-state index contributed by atoms with van der Waals surface area (Å²) in [7, 11) is 3.13. The van der Waals surface area contributed by atoms with Crippen LogP contribution >= 0.6 is 0 Å². The van der Waals surface area contributed by atoms with E-state index in [2.05, 4.69) is 10.6 Å². The van der Waals surface area contributed by atoms with Crippen LogP contribution in [0.3, 0.4) is 0 Å². The highest BCUT2D eigenvalue weighted by molar-refractivity contribution is 6.12. The van der Waals surface area contributed by atoms with Crippen LogP contribution in [0.1, 0.15) is 29.6 Å². The van der Waals surface area contributed by atoms with E-state index < -0.39 is 0 Å². The molecule has 1 aliphatic heterocycles. The van der Waals surface area contributed by atoms with Gasteiger partial charge in [0.25, 0.3) is 17.7 Å². The average Bonchev–Trinajstić information content (AvgIpc) is 3.33. The van der Waals surface area contributed by atoms with Crippen LogP contribution in [-0.4, -0.2) is 80.6 Å². The Morgan fingerprint density at radius 1 is 0.857 bits per heavy atom. The van der Waals surface area contributed by atoms with Crippen LogP contribution in [0.25, 0.3) is 22.2 Å². The number of nitrogens with one attached hydrogen (secondary N) is 2. The number of carbonyl (C=O) groups excluding carboxylic acids is 4. The molecule has 220 valence electrons. The molecule has 4 rings (SSSR count). The molecule has 0 aliphatic carbocycles. The summed E-state index contributed by atoms with van der Waals surface area (Å²) in [6, 6.07) is 14.6. The first-order valence-corrected chi connectivity index (χ1v) is 13.7. The molecule has 0 atom stereocenters. The zero-order chi connectivity index (χ0) is 29.9. The lowest BCUT2D eigenvalue weighted by Gasteiger charge is -2.13. The molecule has 0 saturated heterocycles. The van der Waals surface area contributed by atoms with Crippen molar-refractivity contribution in [3.63, 3.8) is 0 Å². The standard InChI is InChI=1S/C31H34N4O7/c1-40-26-10-9-21(19-27(26)41-2)25-20-23(22-7-3-4-8-24(22)34-25)31(39)33-15-14-32-28(36)13-18-42-17-6-5-16-35-29(37)11-12-30(35)38/h3-4,7-12,19-20H,5-6,13-18H2,1-2H3,(H,32,36)(H,33,39). The summed E-state index contributed by atoms with van der Waals surface area (Å²) in [4.78, 5) is 54.3. The van der Waals surface area contributed by atoms with Gasteiger partial charge >= 0.3 is 0 Å². The van der Waals surface area contributed by atoms with Crippen molar-refractivity contribution in [2.24, 2.45) is 0 Å². The molecule has 42 heavy (non-hydrogen) atoms. The topological polar surface area (TPSA) is 136 Å². The molecule has 0 spiro atoms. The van der Waals surface area contributed by atoms with Crippen molar-refractivity contribution in [1.29, 1.82) is 0 Å². The number of unbranched alkanes of at least 4 members (excludes halogenated alkanes) is 1. The van der Waals surface area contributed by atoms with Crippen molar-refractivity contribution in [1.82, 2.24) is 20.5 Å². The fourth-order valence-electron chi connectivity index (χ4n) is 4.46. The summed E-state index contributed by atoms with van der Waals surface area (Å²) in [6.07, 6.45) is 4.02. The number of nitrogens with zero attached hydrogens (tertiary/aromatic N) is 2. The number of aromatic nitrogens is 1. The number of fused-ring (bicyclic) bond motifs is 1. The van der Waals surface area contributed by atoms with Gasteiger partial charge in [0, 0.05) is 55.8 Å². The van der Waals surface area contributed by atoms with E-state index in [1.54, 1.807) is 26.4 Å². The SMILES string of the molecule is COc1ccc(-c2cc(C(=O)NCCNC(=O)CCOCCCCN3C(=O)C=CC3=O)c3ccccc3n2)cc1OC. The smallest absolute Gasteiger partial charge is 0.253 e. The molecule has 11 heteroatoms. The number of pyridine rings is 1. The van der Waals surface area contributed by atoms with E-state index in [9.17, 15) is 19.2 Å². The number of ether oxygens (including phenoxy) is 3. The number of amides is 4. The second-order valence-electron chi connectivity index (χ2n) is 9.48. The van der Waals surface area contributed by atoms with Crippen LogP contribution in [0, 0.1) is 0 Å². The highest BCUT2D eigenvalue weighted by Crippen LogP contribution is 2.33. The predicted molar refractivity (Wildman–Crippen MR) is 156 cm³/mol. The van der Waals surface area contributed by atoms with E-state index in [4.69, 9.17) is 19.2 Å². The molecule has 0 unspecified atom stereocenters. The van der Waals surface area contributed by atoms with Crippen LogP contribution in [0.4, 0.5) is 0 Å². The average molecular weight is 575 g/mol. The molecule has 2 aromatic carbocycles. The lowest BCUT2D eigenvalue weighted by Crippen LogP contribution is -2.35. The zero-order valence-corrected chi connectivity index (χ0v) is 23.7. The molecule has 0 fully saturated rings. The highest BCUT2D eigenvalue weighted by atomic mass is 16.5. The monoisotopic (exact) mass is 574 g/mol. The first kappa shape index (κ1) is 30.2. The van der Waals surface area contributed by atoms with Gasteiger partial charge in [-0.25, -0.2) is 4.98 Å². The number of rotatable bonds is 15. The van der Waals surface area contributed by atoms with Gasteiger partial charge in [0.2, 0.25) is 5.91 Å². The maximum atomic E-state index is 13.2. The Balaban J connectivity index is 1.22. The van der Waals surface area contributed by atoms with Gasteiger partial charge in [-0.05, 0) is 43.2 Å². The van der Waals surface area contributed by atoms with E-state index in [-0.39, 0.29) is 49.7 Å². The summed E-state index contributed by atoms with van der Waals surface area (Å²) < 4.78 is 16.2. The second-order valence-corrected chi connectivity index (χ2v) is 9.48. The van der Waals surface area contributed by atoms with Gasteiger partial charge < -0.3 is 24.8 Å². The van der Waals surface area contributed by atoms with Gasteiger partial charge in [-0.1, -0.05) is 18.2 Å². The number of methoxy groups -OCH3 is 2. The number of hydrogen-bond acceptors (Lipinski definition) is 8.